The highest BCUT2D eigenvalue weighted by Crippen LogP contribution is 2.38. The van der Waals surface area contributed by atoms with Crippen LogP contribution in [0, 0.1) is 0 Å². The van der Waals surface area contributed by atoms with Crippen molar-refractivity contribution < 1.29 is 9.53 Å². The molecule has 2 heterocycles. The van der Waals surface area contributed by atoms with Gasteiger partial charge in [0.2, 0.25) is 0 Å². The van der Waals surface area contributed by atoms with Crippen LogP contribution in [0.2, 0.25) is 0 Å². The second kappa shape index (κ2) is 6.61. The van der Waals surface area contributed by atoms with E-state index in [4.69, 9.17) is 10.5 Å². The van der Waals surface area contributed by atoms with Crippen molar-refractivity contribution in [2.24, 2.45) is 5.73 Å². The summed E-state index contributed by atoms with van der Waals surface area (Å²) in [5, 5.41) is 9.81. The van der Waals surface area contributed by atoms with E-state index in [1.54, 1.807) is 0 Å². The minimum atomic E-state index is -0.535. The van der Waals surface area contributed by atoms with E-state index >= 15 is 0 Å². The van der Waals surface area contributed by atoms with E-state index in [1.807, 2.05) is 55.5 Å². The van der Waals surface area contributed by atoms with Crippen LogP contribution in [0.15, 0.2) is 48.5 Å². The molecule has 0 spiro atoms. The number of aromatic amines is 1. The fourth-order valence-electron chi connectivity index (χ4n) is 3.08. The van der Waals surface area contributed by atoms with Gasteiger partial charge in [0.15, 0.2) is 11.9 Å². The Morgan fingerprint density at radius 1 is 1.23 bits per heavy atom. The van der Waals surface area contributed by atoms with Gasteiger partial charge in [0.1, 0.15) is 11.6 Å². The largest absolute Gasteiger partial charge is 0.480 e. The molecule has 0 saturated carbocycles. The lowest BCUT2D eigenvalue weighted by atomic mass is 9.97. The SMILES string of the molecule is C[C@@H]1c2ccccc2O[C@@H]1C(=O)Nc1ccc(-c2n[nH]c(CN)n2)cc1. The quantitative estimate of drug-likeness (QED) is 0.671. The molecule has 7 heteroatoms. The summed E-state index contributed by atoms with van der Waals surface area (Å²) in [5.41, 5.74) is 8.13. The predicted octanol–water partition coefficient (Wildman–Crippen LogP) is 2.43. The monoisotopic (exact) mass is 349 g/mol. The summed E-state index contributed by atoms with van der Waals surface area (Å²) >= 11 is 0. The van der Waals surface area contributed by atoms with E-state index in [0.717, 1.165) is 16.9 Å². The number of carbonyl (C=O) groups excluding carboxylic acids is 1. The van der Waals surface area contributed by atoms with Crippen molar-refractivity contribution in [3.8, 4) is 17.1 Å². The van der Waals surface area contributed by atoms with Gasteiger partial charge in [-0.15, -0.1) is 0 Å². The number of anilines is 1. The van der Waals surface area contributed by atoms with Gasteiger partial charge in [0.25, 0.3) is 5.91 Å². The van der Waals surface area contributed by atoms with Crippen LogP contribution in [0.3, 0.4) is 0 Å². The maximum atomic E-state index is 12.6. The average molecular weight is 349 g/mol. The molecular weight excluding hydrogens is 330 g/mol. The molecule has 1 aliphatic rings. The molecule has 4 N–H and O–H groups in total. The van der Waals surface area contributed by atoms with E-state index in [9.17, 15) is 4.79 Å². The van der Waals surface area contributed by atoms with Crippen LogP contribution in [-0.2, 0) is 11.3 Å². The molecule has 0 saturated heterocycles. The van der Waals surface area contributed by atoms with Crippen LogP contribution < -0.4 is 15.8 Å². The first-order valence-electron chi connectivity index (χ1n) is 8.44. The number of benzene rings is 2. The molecule has 3 aromatic rings. The third-order valence-electron chi connectivity index (χ3n) is 4.51. The number of nitrogens with two attached hydrogens (primary N) is 1. The maximum Gasteiger partial charge on any atom is 0.266 e. The third-order valence-corrected chi connectivity index (χ3v) is 4.51. The number of aromatic nitrogens is 3. The van der Waals surface area contributed by atoms with Crippen molar-refractivity contribution in [2.75, 3.05) is 5.32 Å². The zero-order valence-electron chi connectivity index (χ0n) is 14.3. The Kier molecular flexibility index (Phi) is 4.14. The van der Waals surface area contributed by atoms with Crippen molar-refractivity contribution >= 4 is 11.6 Å². The Morgan fingerprint density at radius 2 is 2.00 bits per heavy atom. The fourth-order valence-corrected chi connectivity index (χ4v) is 3.08. The summed E-state index contributed by atoms with van der Waals surface area (Å²) < 4.78 is 5.81. The molecule has 7 nitrogen and oxygen atoms in total. The van der Waals surface area contributed by atoms with Crippen molar-refractivity contribution in [1.82, 2.24) is 15.2 Å². The van der Waals surface area contributed by atoms with Crippen molar-refractivity contribution in [3.05, 3.63) is 59.9 Å². The lowest BCUT2D eigenvalue weighted by molar-refractivity contribution is -0.122. The molecule has 2 atom stereocenters. The molecule has 132 valence electrons. The van der Waals surface area contributed by atoms with Crippen LogP contribution >= 0.6 is 0 Å². The van der Waals surface area contributed by atoms with E-state index in [0.29, 0.717) is 23.9 Å². The van der Waals surface area contributed by atoms with Crippen molar-refractivity contribution in [3.63, 3.8) is 0 Å². The number of hydrogen-bond acceptors (Lipinski definition) is 5. The summed E-state index contributed by atoms with van der Waals surface area (Å²) in [4.78, 5) is 16.9. The Labute approximate surface area is 150 Å². The van der Waals surface area contributed by atoms with Crippen LogP contribution in [-0.4, -0.2) is 27.2 Å². The van der Waals surface area contributed by atoms with Crippen molar-refractivity contribution in [2.45, 2.75) is 25.5 Å². The van der Waals surface area contributed by atoms with Crippen LogP contribution in [0.4, 0.5) is 5.69 Å². The molecule has 26 heavy (non-hydrogen) atoms. The van der Waals surface area contributed by atoms with Gasteiger partial charge in [-0.2, -0.15) is 5.10 Å². The van der Waals surface area contributed by atoms with E-state index in [2.05, 4.69) is 20.5 Å². The number of nitrogens with one attached hydrogen (secondary N) is 2. The molecular formula is C19H19N5O2. The summed E-state index contributed by atoms with van der Waals surface area (Å²) in [6.07, 6.45) is -0.535. The number of amides is 1. The zero-order valence-corrected chi connectivity index (χ0v) is 14.3. The highest BCUT2D eigenvalue weighted by atomic mass is 16.5. The van der Waals surface area contributed by atoms with Crippen molar-refractivity contribution in [1.29, 1.82) is 0 Å². The number of rotatable bonds is 4. The maximum absolute atomic E-state index is 12.6. The normalized spacial score (nSPS) is 18.2. The Bertz CT molecular complexity index is 935. The molecule has 1 aromatic heterocycles. The highest BCUT2D eigenvalue weighted by Gasteiger charge is 2.36. The molecule has 0 aliphatic carbocycles. The summed E-state index contributed by atoms with van der Waals surface area (Å²) in [7, 11) is 0. The number of ether oxygens (including phenoxy) is 1. The van der Waals surface area contributed by atoms with Crippen LogP contribution in [0.5, 0.6) is 5.75 Å². The van der Waals surface area contributed by atoms with E-state index in [1.165, 1.54) is 0 Å². The molecule has 0 fully saturated rings. The molecule has 4 rings (SSSR count). The highest BCUT2D eigenvalue weighted by molar-refractivity contribution is 5.95. The first kappa shape index (κ1) is 16.3. The first-order valence-corrected chi connectivity index (χ1v) is 8.44. The minimum Gasteiger partial charge on any atom is -0.480 e. The first-order chi connectivity index (χ1) is 12.7. The smallest absolute Gasteiger partial charge is 0.266 e. The summed E-state index contributed by atoms with van der Waals surface area (Å²) in [6.45, 7) is 2.31. The summed E-state index contributed by atoms with van der Waals surface area (Å²) in [6, 6.07) is 15.1. The molecule has 0 radical (unpaired) electrons. The van der Waals surface area contributed by atoms with Gasteiger partial charge < -0.3 is 15.8 Å². The number of nitrogens with zero attached hydrogens (tertiary/aromatic N) is 2. The van der Waals surface area contributed by atoms with Gasteiger partial charge in [-0.3, -0.25) is 9.89 Å². The van der Waals surface area contributed by atoms with Gasteiger partial charge in [0, 0.05) is 22.7 Å². The van der Waals surface area contributed by atoms with Gasteiger partial charge in [-0.25, -0.2) is 4.98 Å². The van der Waals surface area contributed by atoms with Gasteiger partial charge >= 0.3 is 0 Å². The standard InChI is InChI=1S/C19H19N5O2/c1-11-14-4-2-3-5-15(14)26-17(11)19(25)21-13-8-6-12(7-9-13)18-22-16(10-20)23-24-18/h2-9,11,17H,10,20H2,1H3,(H,21,25)(H,22,23,24)/t11-,17+/m1/s1. The zero-order chi connectivity index (χ0) is 18.1. The average Bonchev–Trinajstić information content (AvgIpc) is 3.28. The van der Waals surface area contributed by atoms with Gasteiger partial charge in [0.05, 0.1) is 6.54 Å². The number of para-hydroxylation sites is 1. The molecule has 2 aromatic carbocycles. The number of carbonyl (C=O) groups is 1. The predicted molar refractivity (Wildman–Crippen MR) is 97.6 cm³/mol. The van der Waals surface area contributed by atoms with Crippen LogP contribution in [0.1, 0.15) is 24.2 Å². The van der Waals surface area contributed by atoms with Crippen LogP contribution in [0.25, 0.3) is 11.4 Å². The molecule has 1 amide bonds. The Hall–Kier alpha value is -3.19. The summed E-state index contributed by atoms with van der Waals surface area (Å²) in [5.74, 6) is 1.82. The molecule has 0 unspecified atom stereocenters. The lowest BCUT2D eigenvalue weighted by Gasteiger charge is -2.15. The Balaban J connectivity index is 1.45. The molecule has 0 bridgehead atoms. The number of fused-ring (bicyclic) bond motifs is 1. The van der Waals surface area contributed by atoms with E-state index in [-0.39, 0.29) is 11.8 Å². The fraction of sp³-hybridized carbons (Fsp3) is 0.211. The Morgan fingerprint density at radius 3 is 2.69 bits per heavy atom. The second-order valence-corrected chi connectivity index (χ2v) is 6.24. The number of hydrogen-bond donors (Lipinski definition) is 3. The molecule has 1 aliphatic heterocycles. The topological polar surface area (TPSA) is 106 Å². The second-order valence-electron chi connectivity index (χ2n) is 6.24. The van der Waals surface area contributed by atoms with Gasteiger partial charge in [-0.05, 0) is 30.3 Å². The third kappa shape index (κ3) is 2.93. The number of H-pyrrole nitrogens is 1. The van der Waals surface area contributed by atoms with E-state index < -0.39 is 6.10 Å². The van der Waals surface area contributed by atoms with Gasteiger partial charge in [-0.1, -0.05) is 25.1 Å². The lowest BCUT2D eigenvalue weighted by Crippen LogP contribution is -2.33. The minimum absolute atomic E-state index is 0.00779.